The zero-order valence-electron chi connectivity index (χ0n) is 9.79. The van der Waals surface area contributed by atoms with E-state index < -0.39 is 0 Å². The van der Waals surface area contributed by atoms with Crippen molar-refractivity contribution < 1.29 is 0 Å². The van der Waals surface area contributed by atoms with Gasteiger partial charge in [-0.15, -0.1) is 0 Å². The maximum Gasteiger partial charge on any atom is 0.0230 e. The summed E-state index contributed by atoms with van der Waals surface area (Å²) < 4.78 is 0. The van der Waals surface area contributed by atoms with Crippen molar-refractivity contribution >= 4 is 0 Å². The molecule has 1 heteroatoms. The summed E-state index contributed by atoms with van der Waals surface area (Å²) in [6, 6.07) is 0. The van der Waals surface area contributed by atoms with Crippen LogP contribution in [0.1, 0.15) is 33.6 Å². The average molecular weight is 193 g/mol. The van der Waals surface area contributed by atoms with E-state index in [0.29, 0.717) is 5.92 Å². The molecule has 1 heterocycles. The largest absolute Gasteiger partial charge is 0.299 e. The van der Waals surface area contributed by atoms with E-state index in [4.69, 9.17) is 0 Å². The van der Waals surface area contributed by atoms with Gasteiger partial charge >= 0.3 is 0 Å². The number of likely N-dealkylation sites (tertiary alicyclic amines) is 1. The first-order chi connectivity index (χ1) is 6.72. The summed E-state index contributed by atoms with van der Waals surface area (Å²) >= 11 is 0. The normalized spacial score (nSPS) is 20.1. The Kier molecular flexibility index (Phi) is 4.95. The Balaban J connectivity index is 2.50. The van der Waals surface area contributed by atoms with E-state index in [2.05, 4.69) is 43.9 Å². The Hall–Kier alpha value is -0.560. The molecule has 80 valence electrons. The Morgan fingerprint density at radius 1 is 1.29 bits per heavy atom. The molecule has 0 radical (unpaired) electrons. The lowest BCUT2D eigenvalue weighted by Crippen LogP contribution is -2.21. The van der Waals surface area contributed by atoms with Crippen LogP contribution >= 0.6 is 0 Å². The third kappa shape index (κ3) is 4.10. The van der Waals surface area contributed by atoms with Crippen molar-refractivity contribution in [3.05, 3.63) is 23.8 Å². The highest BCUT2D eigenvalue weighted by Gasteiger charge is 2.11. The maximum atomic E-state index is 2.55. The second-order valence-corrected chi connectivity index (χ2v) is 4.47. The number of nitrogens with zero attached hydrogens (tertiary/aromatic N) is 1. The number of rotatable bonds is 4. The van der Waals surface area contributed by atoms with E-state index in [1.807, 2.05) is 0 Å². The van der Waals surface area contributed by atoms with Gasteiger partial charge in [0.15, 0.2) is 0 Å². The molecular formula is C13H23N. The number of allylic oxidation sites excluding steroid dienone is 2. The highest BCUT2D eigenvalue weighted by molar-refractivity contribution is 5.20. The van der Waals surface area contributed by atoms with Crippen LogP contribution in [0.25, 0.3) is 0 Å². The van der Waals surface area contributed by atoms with Gasteiger partial charge in [0, 0.05) is 6.54 Å². The fraction of sp³-hybridized carbons (Fsp3) is 0.692. The SMILES string of the molecule is C/C=C\C(=C/C(C)C)CN1CCCC1. The molecular weight excluding hydrogens is 170 g/mol. The van der Waals surface area contributed by atoms with Gasteiger partial charge in [-0.25, -0.2) is 0 Å². The van der Waals surface area contributed by atoms with Crippen molar-refractivity contribution in [3.8, 4) is 0 Å². The van der Waals surface area contributed by atoms with Crippen LogP contribution in [0.3, 0.4) is 0 Å². The van der Waals surface area contributed by atoms with E-state index in [9.17, 15) is 0 Å². The molecule has 0 bridgehead atoms. The molecule has 0 aliphatic carbocycles. The average Bonchev–Trinajstić information content (AvgIpc) is 2.56. The minimum absolute atomic E-state index is 0.656. The van der Waals surface area contributed by atoms with Gasteiger partial charge in [-0.2, -0.15) is 0 Å². The van der Waals surface area contributed by atoms with Crippen molar-refractivity contribution in [1.29, 1.82) is 0 Å². The second kappa shape index (κ2) is 6.02. The highest BCUT2D eigenvalue weighted by Crippen LogP contribution is 2.12. The first-order valence-electron chi connectivity index (χ1n) is 5.78. The smallest absolute Gasteiger partial charge is 0.0230 e. The molecule has 14 heavy (non-hydrogen) atoms. The van der Waals surface area contributed by atoms with Crippen LogP contribution < -0.4 is 0 Å². The van der Waals surface area contributed by atoms with Gasteiger partial charge in [0.05, 0.1) is 0 Å². The zero-order valence-corrected chi connectivity index (χ0v) is 9.79. The number of hydrogen-bond acceptors (Lipinski definition) is 1. The van der Waals surface area contributed by atoms with Gasteiger partial charge in [-0.05, 0) is 44.3 Å². The topological polar surface area (TPSA) is 3.24 Å². The van der Waals surface area contributed by atoms with Crippen LogP contribution in [-0.2, 0) is 0 Å². The lowest BCUT2D eigenvalue weighted by atomic mass is 10.1. The van der Waals surface area contributed by atoms with Crippen molar-refractivity contribution in [1.82, 2.24) is 4.90 Å². The van der Waals surface area contributed by atoms with Crippen LogP contribution in [0.2, 0.25) is 0 Å². The quantitative estimate of drug-likeness (QED) is 0.620. The molecule has 0 aromatic rings. The third-order valence-corrected chi connectivity index (χ3v) is 2.53. The molecule has 1 aliphatic heterocycles. The Labute approximate surface area is 88.5 Å². The summed E-state index contributed by atoms with van der Waals surface area (Å²) in [6.07, 6.45) is 9.52. The van der Waals surface area contributed by atoms with Gasteiger partial charge in [0.1, 0.15) is 0 Å². The molecule has 1 rings (SSSR count). The molecule has 1 saturated heterocycles. The number of hydrogen-bond donors (Lipinski definition) is 0. The third-order valence-electron chi connectivity index (χ3n) is 2.53. The Morgan fingerprint density at radius 2 is 1.93 bits per heavy atom. The van der Waals surface area contributed by atoms with Crippen molar-refractivity contribution in [3.63, 3.8) is 0 Å². The monoisotopic (exact) mass is 193 g/mol. The summed E-state index contributed by atoms with van der Waals surface area (Å²) in [7, 11) is 0. The van der Waals surface area contributed by atoms with Gasteiger partial charge in [0.25, 0.3) is 0 Å². The standard InChI is InChI=1S/C13H23N/c1-4-7-13(10-12(2)3)11-14-8-5-6-9-14/h4,7,10,12H,5-6,8-9,11H2,1-3H3/b7-4-,13-10+. The molecule has 0 amide bonds. The van der Waals surface area contributed by atoms with Crippen molar-refractivity contribution in [2.24, 2.45) is 5.92 Å². The first kappa shape index (κ1) is 11.5. The van der Waals surface area contributed by atoms with Crippen LogP contribution in [0.5, 0.6) is 0 Å². The Bertz CT molecular complexity index is 207. The minimum atomic E-state index is 0.656. The van der Waals surface area contributed by atoms with Gasteiger partial charge in [0.2, 0.25) is 0 Å². The van der Waals surface area contributed by atoms with Gasteiger partial charge in [-0.3, -0.25) is 4.90 Å². The fourth-order valence-corrected chi connectivity index (χ4v) is 2.00. The summed E-state index contributed by atoms with van der Waals surface area (Å²) in [4.78, 5) is 2.55. The van der Waals surface area contributed by atoms with Gasteiger partial charge < -0.3 is 0 Å². The minimum Gasteiger partial charge on any atom is -0.299 e. The molecule has 0 atom stereocenters. The fourth-order valence-electron chi connectivity index (χ4n) is 2.00. The van der Waals surface area contributed by atoms with E-state index in [-0.39, 0.29) is 0 Å². The Morgan fingerprint density at radius 3 is 2.43 bits per heavy atom. The van der Waals surface area contributed by atoms with E-state index in [1.165, 1.54) is 31.5 Å². The van der Waals surface area contributed by atoms with E-state index in [1.54, 1.807) is 0 Å². The predicted octanol–water partition coefficient (Wildman–Crippen LogP) is 3.24. The second-order valence-electron chi connectivity index (χ2n) is 4.47. The molecule has 0 saturated carbocycles. The van der Waals surface area contributed by atoms with E-state index >= 15 is 0 Å². The molecule has 0 aromatic carbocycles. The lowest BCUT2D eigenvalue weighted by Gasteiger charge is -2.15. The summed E-state index contributed by atoms with van der Waals surface area (Å²) in [5.41, 5.74) is 1.48. The summed E-state index contributed by atoms with van der Waals surface area (Å²) in [5.74, 6) is 0.656. The summed E-state index contributed by atoms with van der Waals surface area (Å²) in [6.45, 7) is 10.3. The molecule has 0 spiro atoms. The first-order valence-corrected chi connectivity index (χ1v) is 5.78. The maximum absolute atomic E-state index is 2.55. The molecule has 0 unspecified atom stereocenters. The molecule has 1 aliphatic rings. The lowest BCUT2D eigenvalue weighted by molar-refractivity contribution is 0.370. The van der Waals surface area contributed by atoms with E-state index in [0.717, 1.165) is 6.54 Å². The van der Waals surface area contributed by atoms with Crippen LogP contribution in [0.4, 0.5) is 0 Å². The predicted molar refractivity (Wildman–Crippen MR) is 63.4 cm³/mol. The van der Waals surface area contributed by atoms with Crippen LogP contribution in [0, 0.1) is 5.92 Å². The molecule has 1 fully saturated rings. The zero-order chi connectivity index (χ0) is 10.4. The van der Waals surface area contributed by atoms with Crippen LogP contribution in [-0.4, -0.2) is 24.5 Å². The van der Waals surface area contributed by atoms with Crippen LogP contribution in [0.15, 0.2) is 23.8 Å². The van der Waals surface area contributed by atoms with Crippen molar-refractivity contribution in [2.45, 2.75) is 33.6 Å². The molecule has 1 nitrogen and oxygen atoms in total. The molecule has 0 aromatic heterocycles. The summed E-state index contributed by atoms with van der Waals surface area (Å²) in [5, 5.41) is 0. The van der Waals surface area contributed by atoms with Gasteiger partial charge in [-0.1, -0.05) is 32.1 Å². The van der Waals surface area contributed by atoms with Crippen molar-refractivity contribution in [2.75, 3.05) is 19.6 Å². The molecule has 0 N–H and O–H groups in total. The highest BCUT2D eigenvalue weighted by atomic mass is 15.1.